The lowest BCUT2D eigenvalue weighted by Gasteiger charge is -2.32. The zero-order chi connectivity index (χ0) is 28.7. The molecular formula is C29H33F2N3O4S. The van der Waals surface area contributed by atoms with Gasteiger partial charge in [-0.25, -0.2) is 17.2 Å². The van der Waals surface area contributed by atoms with Gasteiger partial charge in [0, 0.05) is 13.1 Å². The first-order chi connectivity index (χ1) is 18.4. The molecule has 1 unspecified atom stereocenters. The van der Waals surface area contributed by atoms with Crippen molar-refractivity contribution in [1.29, 1.82) is 0 Å². The third kappa shape index (κ3) is 7.86. The molecule has 39 heavy (non-hydrogen) atoms. The Bertz CT molecular complexity index is 1380. The molecule has 1 N–H and O–H groups in total. The lowest BCUT2D eigenvalue weighted by Crippen LogP contribution is -2.51. The van der Waals surface area contributed by atoms with Crippen LogP contribution in [0.2, 0.25) is 0 Å². The van der Waals surface area contributed by atoms with Crippen molar-refractivity contribution in [2.24, 2.45) is 5.92 Å². The number of amides is 2. The monoisotopic (exact) mass is 557 g/mol. The first-order valence-electron chi connectivity index (χ1n) is 12.5. The maximum absolute atomic E-state index is 13.8. The molecule has 7 nitrogen and oxygen atoms in total. The van der Waals surface area contributed by atoms with Gasteiger partial charge in [0.25, 0.3) is 10.0 Å². The molecule has 2 amide bonds. The third-order valence-corrected chi connectivity index (χ3v) is 7.91. The number of sulfonamides is 1. The maximum atomic E-state index is 13.8. The topological polar surface area (TPSA) is 86.8 Å². The molecule has 10 heteroatoms. The van der Waals surface area contributed by atoms with Gasteiger partial charge < -0.3 is 10.2 Å². The summed E-state index contributed by atoms with van der Waals surface area (Å²) in [6.07, 6.45) is 0. The molecule has 0 saturated heterocycles. The zero-order valence-corrected chi connectivity index (χ0v) is 23.2. The Kier molecular flexibility index (Phi) is 9.80. The van der Waals surface area contributed by atoms with E-state index in [1.165, 1.54) is 29.2 Å². The molecule has 0 radical (unpaired) electrons. The summed E-state index contributed by atoms with van der Waals surface area (Å²) in [5.74, 6) is -1.91. The van der Waals surface area contributed by atoms with E-state index in [1.54, 1.807) is 31.2 Å². The normalized spacial score (nSPS) is 12.2. The molecule has 3 rings (SSSR count). The first-order valence-corrected chi connectivity index (χ1v) is 14.0. The fourth-order valence-corrected chi connectivity index (χ4v) is 5.21. The number of rotatable bonds is 11. The van der Waals surface area contributed by atoms with E-state index in [9.17, 15) is 26.8 Å². The summed E-state index contributed by atoms with van der Waals surface area (Å²) in [7, 11) is -4.29. The highest BCUT2D eigenvalue weighted by atomic mass is 32.2. The molecule has 0 heterocycles. The molecule has 0 aliphatic heterocycles. The number of carbonyl (C=O) groups is 2. The number of hydrogen-bond acceptors (Lipinski definition) is 4. The van der Waals surface area contributed by atoms with Crippen molar-refractivity contribution in [3.05, 3.63) is 95.6 Å². The average molecular weight is 558 g/mol. The van der Waals surface area contributed by atoms with Crippen molar-refractivity contribution in [3.8, 4) is 0 Å². The van der Waals surface area contributed by atoms with E-state index in [-0.39, 0.29) is 23.0 Å². The molecule has 0 saturated carbocycles. The lowest BCUT2D eigenvalue weighted by atomic mass is 10.1. The van der Waals surface area contributed by atoms with Crippen LogP contribution in [-0.4, -0.2) is 44.3 Å². The van der Waals surface area contributed by atoms with Crippen LogP contribution in [0.15, 0.2) is 77.7 Å². The number of aryl methyl sites for hydroxylation is 1. The summed E-state index contributed by atoms with van der Waals surface area (Å²) in [6, 6.07) is 15.5. The van der Waals surface area contributed by atoms with Crippen molar-refractivity contribution in [2.45, 2.75) is 45.2 Å². The Morgan fingerprint density at radius 3 is 1.92 bits per heavy atom. The highest BCUT2D eigenvalue weighted by Crippen LogP contribution is 2.25. The minimum atomic E-state index is -4.29. The zero-order valence-electron chi connectivity index (χ0n) is 22.4. The molecule has 1 atom stereocenters. The number of benzene rings is 3. The van der Waals surface area contributed by atoms with Crippen LogP contribution >= 0.6 is 0 Å². The molecule has 0 aliphatic carbocycles. The van der Waals surface area contributed by atoms with Gasteiger partial charge in [-0.15, -0.1) is 0 Å². The fourth-order valence-electron chi connectivity index (χ4n) is 3.80. The minimum absolute atomic E-state index is 0.0479. The SMILES string of the molecule is Cc1ccc(N(CC(=O)N(Cc2ccc(F)cc2)C(C)C(=O)NCC(C)C)S(=O)(=O)c2ccc(F)cc2)cc1. The van der Waals surface area contributed by atoms with Gasteiger partial charge in [-0.05, 0) is 73.9 Å². The Balaban J connectivity index is 2.00. The van der Waals surface area contributed by atoms with Crippen LogP contribution in [0.5, 0.6) is 0 Å². The van der Waals surface area contributed by atoms with Gasteiger partial charge in [-0.2, -0.15) is 0 Å². The number of carbonyl (C=O) groups excluding carboxylic acids is 2. The van der Waals surface area contributed by atoms with Crippen molar-refractivity contribution in [3.63, 3.8) is 0 Å². The van der Waals surface area contributed by atoms with Gasteiger partial charge in [0.15, 0.2) is 0 Å². The van der Waals surface area contributed by atoms with Crippen molar-refractivity contribution < 1.29 is 26.8 Å². The van der Waals surface area contributed by atoms with Gasteiger partial charge in [-0.3, -0.25) is 13.9 Å². The lowest BCUT2D eigenvalue weighted by molar-refractivity contribution is -0.139. The predicted molar refractivity (Wildman–Crippen MR) is 146 cm³/mol. The second-order valence-electron chi connectivity index (χ2n) is 9.76. The second kappa shape index (κ2) is 12.8. The summed E-state index contributed by atoms with van der Waals surface area (Å²) in [4.78, 5) is 27.8. The van der Waals surface area contributed by atoms with E-state index >= 15 is 0 Å². The molecule has 0 spiro atoms. The minimum Gasteiger partial charge on any atom is -0.354 e. The van der Waals surface area contributed by atoms with Crippen LogP contribution in [0.3, 0.4) is 0 Å². The standard InChI is InChI=1S/C29H33F2N3O4S/c1-20(2)17-32-29(36)22(4)33(18-23-7-9-24(30)10-8-23)28(35)19-34(26-13-5-21(3)6-14-26)39(37,38)27-15-11-25(31)12-16-27/h5-16,20,22H,17-19H2,1-4H3,(H,32,36). The molecule has 0 aromatic heterocycles. The number of nitrogens with zero attached hydrogens (tertiary/aromatic N) is 2. The van der Waals surface area contributed by atoms with Crippen LogP contribution in [0.1, 0.15) is 31.9 Å². The van der Waals surface area contributed by atoms with E-state index < -0.39 is 46.1 Å². The number of hydrogen-bond donors (Lipinski definition) is 1. The van der Waals surface area contributed by atoms with Crippen molar-refractivity contribution in [1.82, 2.24) is 10.2 Å². The van der Waals surface area contributed by atoms with E-state index in [1.807, 2.05) is 20.8 Å². The summed E-state index contributed by atoms with van der Waals surface area (Å²) in [5.41, 5.74) is 1.69. The molecule has 3 aromatic rings. The molecular weight excluding hydrogens is 524 g/mol. The average Bonchev–Trinajstić information content (AvgIpc) is 2.90. The number of nitrogens with one attached hydrogen (secondary N) is 1. The largest absolute Gasteiger partial charge is 0.354 e. The highest BCUT2D eigenvalue weighted by Gasteiger charge is 2.32. The highest BCUT2D eigenvalue weighted by molar-refractivity contribution is 7.92. The quantitative estimate of drug-likeness (QED) is 0.372. The number of anilines is 1. The van der Waals surface area contributed by atoms with E-state index in [4.69, 9.17) is 0 Å². The van der Waals surface area contributed by atoms with Crippen LogP contribution in [0, 0.1) is 24.5 Å². The summed E-state index contributed by atoms with van der Waals surface area (Å²) < 4.78 is 55.3. The Labute approximate surface area is 228 Å². The number of halogens is 2. The summed E-state index contributed by atoms with van der Waals surface area (Å²) in [5, 5.41) is 2.80. The van der Waals surface area contributed by atoms with Crippen LogP contribution in [-0.2, 0) is 26.2 Å². The molecule has 208 valence electrons. The van der Waals surface area contributed by atoms with E-state index in [0.29, 0.717) is 12.1 Å². The molecule has 0 aliphatic rings. The predicted octanol–water partition coefficient (Wildman–Crippen LogP) is 4.66. The summed E-state index contributed by atoms with van der Waals surface area (Å²) >= 11 is 0. The Morgan fingerprint density at radius 1 is 0.846 bits per heavy atom. The molecule has 0 fully saturated rings. The van der Waals surface area contributed by atoms with Crippen LogP contribution in [0.25, 0.3) is 0 Å². The molecule has 0 bridgehead atoms. The summed E-state index contributed by atoms with van der Waals surface area (Å²) in [6.45, 7) is 7.01. The van der Waals surface area contributed by atoms with Crippen molar-refractivity contribution >= 4 is 27.5 Å². The molecule has 3 aromatic carbocycles. The van der Waals surface area contributed by atoms with Gasteiger partial charge >= 0.3 is 0 Å². The van der Waals surface area contributed by atoms with Crippen LogP contribution < -0.4 is 9.62 Å². The Morgan fingerprint density at radius 2 is 1.38 bits per heavy atom. The van der Waals surface area contributed by atoms with E-state index in [0.717, 1.165) is 34.1 Å². The second-order valence-corrected chi connectivity index (χ2v) is 11.6. The Hall–Kier alpha value is -3.79. The maximum Gasteiger partial charge on any atom is 0.264 e. The van der Waals surface area contributed by atoms with Crippen molar-refractivity contribution in [2.75, 3.05) is 17.4 Å². The fraction of sp³-hybridized carbons (Fsp3) is 0.310. The van der Waals surface area contributed by atoms with Gasteiger partial charge in [0.05, 0.1) is 10.6 Å². The van der Waals surface area contributed by atoms with Crippen LogP contribution in [0.4, 0.5) is 14.5 Å². The smallest absolute Gasteiger partial charge is 0.264 e. The van der Waals surface area contributed by atoms with Gasteiger partial charge in [0.1, 0.15) is 24.2 Å². The van der Waals surface area contributed by atoms with Gasteiger partial charge in [-0.1, -0.05) is 43.7 Å². The first kappa shape index (κ1) is 29.8. The third-order valence-electron chi connectivity index (χ3n) is 6.12. The van der Waals surface area contributed by atoms with E-state index in [2.05, 4.69) is 5.32 Å². The van der Waals surface area contributed by atoms with Gasteiger partial charge in [0.2, 0.25) is 11.8 Å².